The van der Waals surface area contributed by atoms with Crippen LogP contribution >= 0.6 is 0 Å². The van der Waals surface area contributed by atoms with E-state index in [1.807, 2.05) is 31.2 Å². The SMILES string of the molecule is Cc1ccc(CNC(=O)c2ccc(N)cc2N)cc1. The van der Waals surface area contributed by atoms with E-state index in [4.69, 9.17) is 11.5 Å². The topological polar surface area (TPSA) is 81.1 Å². The third kappa shape index (κ3) is 3.25. The molecule has 0 aromatic heterocycles. The number of carbonyl (C=O) groups excluding carboxylic acids is 1. The monoisotopic (exact) mass is 255 g/mol. The maximum atomic E-state index is 12.0. The smallest absolute Gasteiger partial charge is 0.253 e. The van der Waals surface area contributed by atoms with Gasteiger partial charge in [0.05, 0.1) is 5.56 Å². The average molecular weight is 255 g/mol. The van der Waals surface area contributed by atoms with E-state index in [0.29, 0.717) is 23.5 Å². The summed E-state index contributed by atoms with van der Waals surface area (Å²) in [4.78, 5) is 12.0. The summed E-state index contributed by atoms with van der Waals surface area (Å²) in [6.07, 6.45) is 0. The molecule has 1 amide bonds. The van der Waals surface area contributed by atoms with Crippen LogP contribution in [0.15, 0.2) is 42.5 Å². The van der Waals surface area contributed by atoms with Crippen molar-refractivity contribution in [3.8, 4) is 0 Å². The largest absolute Gasteiger partial charge is 0.399 e. The van der Waals surface area contributed by atoms with Crippen LogP contribution in [0.4, 0.5) is 11.4 Å². The fraction of sp³-hybridized carbons (Fsp3) is 0.133. The molecule has 0 atom stereocenters. The zero-order valence-corrected chi connectivity index (χ0v) is 10.8. The van der Waals surface area contributed by atoms with E-state index < -0.39 is 0 Å². The molecule has 2 aromatic rings. The van der Waals surface area contributed by atoms with Gasteiger partial charge in [0.1, 0.15) is 0 Å². The molecule has 0 aliphatic carbocycles. The molecule has 0 bridgehead atoms. The quantitative estimate of drug-likeness (QED) is 0.734. The minimum atomic E-state index is -0.196. The van der Waals surface area contributed by atoms with E-state index >= 15 is 0 Å². The maximum Gasteiger partial charge on any atom is 0.253 e. The first-order chi connectivity index (χ1) is 9.06. The molecule has 0 aliphatic rings. The number of aryl methyl sites for hydroxylation is 1. The van der Waals surface area contributed by atoms with E-state index in [1.165, 1.54) is 5.56 Å². The van der Waals surface area contributed by atoms with Gasteiger partial charge in [0.15, 0.2) is 0 Å². The second-order valence-corrected chi connectivity index (χ2v) is 4.51. The highest BCUT2D eigenvalue weighted by atomic mass is 16.1. The van der Waals surface area contributed by atoms with Crippen molar-refractivity contribution < 1.29 is 4.79 Å². The molecule has 2 aromatic carbocycles. The number of anilines is 2. The predicted octanol–water partition coefficient (Wildman–Crippen LogP) is 2.09. The normalized spacial score (nSPS) is 10.2. The number of hydrogen-bond donors (Lipinski definition) is 3. The molecule has 98 valence electrons. The van der Waals surface area contributed by atoms with Crippen molar-refractivity contribution in [2.75, 3.05) is 11.5 Å². The number of nitrogens with one attached hydrogen (secondary N) is 1. The van der Waals surface area contributed by atoms with Gasteiger partial charge < -0.3 is 16.8 Å². The zero-order valence-electron chi connectivity index (χ0n) is 10.8. The molecule has 0 heterocycles. The highest BCUT2D eigenvalue weighted by Gasteiger charge is 2.09. The highest BCUT2D eigenvalue weighted by molar-refractivity contribution is 5.99. The predicted molar refractivity (Wildman–Crippen MR) is 77.6 cm³/mol. The van der Waals surface area contributed by atoms with Crippen LogP contribution in [0.25, 0.3) is 0 Å². The summed E-state index contributed by atoms with van der Waals surface area (Å²) >= 11 is 0. The fourth-order valence-electron chi connectivity index (χ4n) is 1.77. The molecule has 0 aliphatic heterocycles. The average Bonchev–Trinajstić information content (AvgIpc) is 2.37. The minimum Gasteiger partial charge on any atom is -0.399 e. The highest BCUT2D eigenvalue weighted by Crippen LogP contribution is 2.15. The standard InChI is InChI=1S/C15H17N3O/c1-10-2-4-11(5-3-10)9-18-15(19)13-7-6-12(16)8-14(13)17/h2-8H,9,16-17H2,1H3,(H,18,19). The van der Waals surface area contributed by atoms with Gasteiger partial charge in [-0.3, -0.25) is 4.79 Å². The van der Waals surface area contributed by atoms with E-state index in [-0.39, 0.29) is 5.91 Å². The van der Waals surface area contributed by atoms with Gasteiger partial charge in [-0.15, -0.1) is 0 Å². The van der Waals surface area contributed by atoms with Crippen molar-refractivity contribution in [2.45, 2.75) is 13.5 Å². The number of rotatable bonds is 3. The Morgan fingerprint density at radius 2 is 1.79 bits per heavy atom. The molecular weight excluding hydrogens is 238 g/mol. The maximum absolute atomic E-state index is 12.0. The number of carbonyl (C=O) groups is 1. The molecule has 0 unspecified atom stereocenters. The van der Waals surface area contributed by atoms with E-state index in [0.717, 1.165) is 5.56 Å². The molecule has 5 N–H and O–H groups in total. The molecule has 0 saturated heterocycles. The summed E-state index contributed by atoms with van der Waals surface area (Å²) in [7, 11) is 0. The lowest BCUT2D eigenvalue weighted by molar-refractivity contribution is 0.0952. The van der Waals surface area contributed by atoms with Crippen LogP contribution in [0.2, 0.25) is 0 Å². The van der Waals surface area contributed by atoms with Crippen LogP contribution < -0.4 is 16.8 Å². The molecule has 0 spiro atoms. The molecule has 2 rings (SSSR count). The molecule has 4 heteroatoms. The molecule has 0 saturated carbocycles. The zero-order chi connectivity index (χ0) is 13.8. The Balaban J connectivity index is 2.03. The van der Waals surface area contributed by atoms with Crippen LogP contribution in [0.5, 0.6) is 0 Å². The van der Waals surface area contributed by atoms with Crippen molar-refractivity contribution in [1.82, 2.24) is 5.32 Å². The Bertz CT molecular complexity index is 591. The number of nitrogen functional groups attached to an aromatic ring is 2. The summed E-state index contributed by atoms with van der Waals surface area (Å²) in [5, 5.41) is 2.84. The lowest BCUT2D eigenvalue weighted by Gasteiger charge is -2.08. The fourth-order valence-corrected chi connectivity index (χ4v) is 1.77. The van der Waals surface area contributed by atoms with Crippen molar-refractivity contribution in [2.24, 2.45) is 0 Å². The first-order valence-corrected chi connectivity index (χ1v) is 6.05. The van der Waals surface area contributed by atoms with Gasteiger partial charge in [-0.1, -0.05) is 29.8 Å². The van der Waals surface area contributed by atoms with Crippen molar-refractivity contribution in [3.63, 3.8) is 0 Å². The Morgan fingerprint density at radius 3 is 2.42 bits per heavy atom. The minimum absolute atomic E-state index is 0.196. The third-order valence-electron chi connectivity index (χ3n) is 2.89. The van der Waals surface area contributed by atoms with Gasteiger partial charge in [-0.05, 0) is 30.7 Å². The van der Waals surface area contributed by atoms with Crippen LogP contribution in [0.3, 0.4) is 0 Å². The van der Waals surface area contributed by atoms with Crippen LogP contribution in [0, 0.1) is 6.92 Å². The molecule has 19 heavy (non-hydrogen) atoms. The summed E-state index contributed by atoms with van der Waals surface area (Å²) in [5.74, 6) is -0.196. The van der Waals surface area contributed by atoms with E-state index in [9.17, 15) is 4.79 Å². The molecule has 4 nitrogen and oxygen atoms in total. The Hall–Kier alpha value is -2.49. The number of hydrogen-bond acceptors (Lipinski definition) is 3. The summed E-state index contributed by atoms with van der Waals surface area (Å²) in [6, 6.07) is 12.9. The van der Waals surface area contributed by atoms with Crippen LogP contribution in [-0.4, -0.2) is 5.91 Å². The molecule has 0 radical (unpaired) electrons. The van der Waals surface area contributed by atoms with Gasteiger partial charge >= 0.3 is 0 Å². The second-order valence-electron chi connectivity index (χ2n) is 4.51. The van der Waals surface area contributed by atoms with Gasteiger partial charge in [-0.25, -0.2) is 0 Å². The number of amides is 1. The van der Waals surface area contributed by atoms with Gasteiger partial charge in [0.2, 0.25) is 0 Å². The van der Waals surface area contributed by atoms with Gasteiger partial charge in [0, 0.05) is 17.9 Å². The lowest BCUT2D eigenvalue weighted by atomic mass is 10.1. The van der Waals surface area contributed by atoms with Crippen LogP contribution in [0.1, 0.15) is 21.5 Å². The first kappa shape index (κ1) is 13.0. The summed E-state index contributed by atoms with van der Waals surface area (Å²) in [6.45, 7) is 2.50. The second kappa shape index (κ2) is 5.44. The Labute approximate surface area is 112 Å². The lowest BCUT2D eigenvalue weighted by Crippen LogP contribution is -2.23. The first-order valence-electron chi connectivity index (χ1n) is 6.05. The van der Waals surface area contributed by atoms with Crippen LogP contribution in [-0.2, 0) is 6.54 Å². The van der Waals surface area contributed by atoms with Gasteiger partial charge in [-0.2, -0.15) is 0 Å². The summed E-state index contributed by atoms with van der Waals surface area (Å²) in [5.41, 5.74) is 15.0. The summed E-state index contributed by atoms with van der Waals surface area (Å²) < 4.78 is 0. The molecule has 0 fully saturated rings. The van der Waals surface area contributed by atoms with Gasteiger partial charge in [0.25, 0.3) is 5.91 Å². The number of benzene rings is 2. The molecular formula is C15H17N3O. The Morgan fingerprint density at radius 1 is 1.11 bits per heavy atom. The van der Waals surface area contributed by atoms with Crippen molar-refractivity contribution >= 4 is 17.3 Å². The Kier molecular flexibility index (Phi) is 3.71. The van der Waals surface area contributed by atoms with E-state index in [1.54, 1.807) is 18.2 Å². The van der Waals surface area contributed by atoms with Crippen molar-refractivity contribution in [3.05, 3.63) is 59.2 Å². The third-order valence-corrected chi connectivity index (χ3v) is 2.89. The van der Waals surface area contributed by atoms with E-state index in [2.05, 4.69) is 5.32 Å². The van der Waals surface area contributed by atoms with Crippen molar-refractivity contribution in [1.29, 1.82) is 0 Å². The number of nitrogens with two attached hydrogens (primary N) is 2.